The highest BCUT2D eigenvalue weighted by molar-refractivity contribution is 9.10. The highest BCUT2D eigenvalue weighted by Crippen LogP contribution is 2.29. The number of aromatic nitrogens is 2. The van der Waals surface area contributed by atoms with Crippen molar-refractivity contribution in [2.24, 2.45) is 0 Å². The first-order valence-corrected chi connectivity index (χ1v) is 6.17. The maximum absolute atomic E-state index is 6.05. The molecule has 1 heterocycles. The number of aryl methyl sites for hydroxylation is 2. The molecule has 0 aliphatic rings. The van der Waals surface area contributed by atoms with Crippen molar-refractivity contribution in [1.29, 1.82) is 0 Å². The van der Waals surface area contributed by atoms with Gasteiger partial charge < -0.3 is 4.74 Å². The summed E-state index contributed by atoms with van der Waals surface area (Å²) in [5, 5.41) is 0.558. The molecular weight excluding hydrogens is 304 g/mol. The van der Waals surface area contributed by atoms with E-state index in [2.05, 4.69) is 25.9 Å². The first-order valence-electron chi connectivity index (χ1n) is 5.00. The molecule has 3 nitrogen and oxygen atoms in total. The van der Waals surface area contributed by atoms with Gasteiger partial charge in [-0.05, 0) is 47.5 Å². The van der Waals surface area contributed by atoms with Crippen LogP contribution in [0.4, 0.5) is 0 Å². The maximum atomic E-state index is 6.05. The molecule has 2 rings (SSSR count). The number of benzene rings is 1. The zero-order valence-corrected chi connectivity index (χ0v) is 11.7. The van der Waals surface area contributed by atoms with Gasteiger partial charge in [-0.3, -0.25) is 0 Å². The topological polar surface area (TPSA) is 35.0 Å². The van der Waals surface area contributed by atoms with E-state index in [4.69, 9.17) is 16.3 Å². The standard InChI is InChI=1S/C12H10BrClN2O/c1-7-3-4-9(14)10(5-7)17-12-6-11(13)15-8(2)16-12/h3-6H,1-2H3. The van der Waals surface area contributed by atoms with Gasteiger partial charge >= 0.3 is 0 Å². The van der Waals surface area contributed by atoms with Crippen molar-refractivity contribution in [3.63, 3.8) is 0 Å². The Morgan fingerprint density at radius 1 is 1.18 bits per heavy atom. The third-order valence-corrected chi connectivity index (χ3v) is 2.80. The molecule has 0 saturated carbocycles. The van der Waals surface area contributed by atoms with E-state index in [1.165, 1.54) is 0 Å². The molecule has 0 radical (unpaired) electrons. The van der Waals surface area contributed by atoms with Gasteiger partial charge in [0, 0.05) is 6.07 Å². The second kappa shape index (κ2) is 5.02. The third kappa shape index (κ3) is 3.17. The van der Waals surface area contributed by atoms with Crippen molar-refractivity contribution in [1.82, 2.24) is 9.97 Å². The average molecular weight is 314 g/mol. The van der Waals surface area contributed by atoms with Crippen LogP contribution in [0, 0.1) is 13.8 Å². The lowest BCUT2D eigenvalue weighted by molar-refractivity contribution is 0.459. The summed E-state index contributed by atoms with van der Waals surface area (Å²) in [6, 6.07) is 7.30. The van der Waals surface area contributed by atoms with Crippen LogP contribution < -0.4 is 4.74 Å². The van der Waals surface area contributed by atoms with Crippen molar-refractivity contribution in [3.05, 3.63) is 45.3 Å². The molecule has 0 aliphatic carbocycles. The Morgan fingerprint density at radius 3 is 2.65 bits per heavy atom. The van der Waals surface area contributed by atoms with Crippen molar-refractivity contribution < 1.29 is 4.74 Å². The molecule has 0 amide bonds. The minimum absolute atomic E-state index is 0.469. The monoisotopic (exact) mass is 312 g/mol. The lowest BCUT2D eigenvalue weighted by Crippen LogP contribution is -1.94. The molecule has 88 valence electrons. The van der Waals surface area contributed by atoms with Crippen LogP contribution >= 0.6 is 27.5 Å². The Kier molecular flexibility index (Phi) is 3.64. The molecule has 0 saturated heterocycles. The minimum atomic E-state index is 0.469. The zero-order chi connectivity index (χ0) is 12.4. The SMILES string of the molecule is Cc1ccc(Cl)c(Oc2cc(Br)nc(C)n2)c1. The van der Waals surface area contributed by atoms with Crippen LogP contribution in [0.25, 0.3) is 0 Å². The average Bonchev–Trinajstić information content (AvgIpc) is 2.22. The molecule has 0 aliphatic heterocycles. The number of nitrogens with zero attached hydrogens (tertiary/aromatic N) is 2. The highest BCUT2D eigenvalue weighted by Gasteiger charge is 2.06. The fraction of sp³-hybridized carbons (Fsp3) is 0.167. The summed E-state index contributed by atoms with van der Waals surface area (Å²) in [5.41, 5.74) is 1.08. The Bertz CT molecular complexity index is 540. The number of hydrogen-bond acceptors (Lipinski definition) is 3. The van der Waals surface area contributed by atoms with E-state index in [9.17, 15) is 0 Å². The van der Waals surface area contributed by atoms with E-state index in [0.29, 0.717) is 27.1 Å². The predicted octanol–water partition coefficient (Wildman–Crippen LogP) is 4.30. The molecule has 0 N–H and O–H groups in total. The van der Waals surface area contributed by atoms with Gasteiger partial charge in [-0.25, -0.2) is 4.98 Å². The number of hydrogen-bond donors (Lipinski definition) is 0. The van der Waals surface area contributed by atoms with E-state index in [-0.39, 0.29) is 0 Å². The van der Waals surface area contributed by atoms with Crippen molar-refractivity contribution in [2.45, 2.75) is 13.8 Å². The van der Waals surface area contributed by atoms with Gasteiger partial charge in [-0.15, -0.1) is 0 Å². The summed E-state index contributed by atoms with van der Waals surface area (Å²) in [4.78, 5) is 8.29. The van der Waals surface area contributed by atoms with Gasteiger partial charge in [-0.2, -0.15) is 4.98 Å². The normalized spacial score (nSPS) is 10.4. The van der Waals surface area contributed by atoms with Crippen LogP contribution in [0.3, 0.4) is 0 Å². The zero-order valence-electron chi connectivity index (χ0n) is 9.37. The molecule has 0 atom stereocenters. The Labute approximate surface area is 113 Å². The Balaban J connectivity index is 2.34. The second-order valence-electron chi connectivity index (χ2n) is 3.61. The Morgan fingerprint density at radius 2 is 1.94 bits per heavy atom. The van der Waals surface area contributed by atoms with E-state index < -0.39 is 0 Å². The molecule has 5 heteroatoms. The summed E-state index contributed by atoms with van der Waals surface area (Å²) in [5.74, 6) is 1.70. The molecule has 2 aromatic rings. The van der Waals surface area contributed by atoms with Gasteiger partial charge in [0.15, 0.2) is 0 Å². The summed E-state index contributed by atoms with van der Waals surface area (Å²) in [7, 11) is 0. The first kappa shape index (κ1) is 12.3. The van der Waals surface area contributed by atoms with Crippen LogP contribution in [0.2, 0.25) is 5.02 Å². The van der Waals surface area contributed by atoms with Crippen molar-refractivity contribution >= 4 is 27.5 Å². The van der Waals surface area contributed by atoms with Crippen LogP contribution in [0.1, 0.15) is 11.4 Å². The molecule has 17 heavy (non-hydrogen) atoms. The summed E-state index contributed by atoms with van der Waals surface area (Å²) in [6.45, 7) is 3.78. The number of halogens is 2. The fourth-order valence-electron chi connectivity index (χ4n) is 1.36. The van der Waals surface area contributed by atoms with Gasteiger partial charge in [0.25, 0.3) is 0 Å². The smallest absolute Gasteiger partial charge is 0.223 e. The van der Waals surface area contributed by atoms with E-state index >= 15 is 0 Å². The van der Waals surface area contributed by atoms with Crippen LogP contribution in [0.5, 0.6) is 11.6 Å². The van der Waals surface area contributed by atoms with E-state index in [1.807, 2.05) is 19.1 Å². The predicted molar refractivity (Wildman–Crippen MR) is 70.7 cm³/mol. The van der Waals surface area contributed by atoms with Gasteiger partial charge in [0.2, 0.25) is 5.88 Å². The van der Waals surface area contributed by atoms with Gasteiger partial charge in [0.05, 0.1) is 5.02 Å². The summed E-state index contributed by atoms with van der Waals surface area (Å²) >= 11 is 9.34. The lowest BCUT2D eigenvalue weighted by atomic mass is 10.2. The molecule has 0 fully saturated rings. The largest absolute Gasteiger partial charge is 0.437 e. The molecule has 0 bridgehead atoms. The number of ether oxygens (including phenoxy) is 1. The van der Waals surface area contributed by atoms with Crippen LogP contribution in [-0.4, -0.2) is 9.97 Å². The van der Waals surface area contributed by atoms with Crippen molar-refractivity contribution in [2.75, 3.05) is 0 Å². The number of rotatable bonds is 2. The molecule has 1 aromatic heterocycles. The second-order valence-corrected chi connectivity index (χ2v) is 4.83. The molecular formula is C12H10BrClN2O. The first-order chi connectivity index (χ1) is 8.04. The van der Waals surface area contributed by atoms with E-state index in [0.717, 1.165) is 5.56 Å². The Hall–Kier alpha value is -1.13. The molecule has 0 unspecified atom stereocenters. The summed E-state index contributed by atoms with van der Waals surface area (Å²) < 4.78 is 6.32. The fourth-order valence-corrected chi connectivity index (χ4v) is 1.97. The molecule has 0 spiro atoms. The molecule has 1 aromatic carbocycles. The van der Waals surface area contributed by atoms with Crippen LogP contribution in [-0.2, 0) is 0 Å². The van der Waals surface area contributed by atoms with Gasteiger partial charge in [-0.1, -0.05) is 17.7 Å². The minimum Gasteiger partial charge on any atom is -0.437 e. The quantitative estimate of drug-likeness (QED) is 0.775. The summed E-state index contributed by atoms with van der Waals surface area (Å²) in [6.07, 6.45) is 0. The lowest BCUT2D eigenvalue weighted by Gasteiger charge is -2.08. The van der Waals surface area contributed by atoms with Gasteiger partial charge in [0.1, 0.15) is 16.2 Å². The maximum Gasteiger partial charge on any atom is 0.223 e. The highest BCUT2D eigenvalue weighted by atomic mass is 79.9. The van der Waals surface area contributed by atoms with Crippen molar-refractivity contribution in [3.8, 4) is 11.6 Å². The van der Waals surface area contributed by atoms with E-state index in [1.54, 1.807) is 19.1 Å². The van der Waals surface area contributed by atoms with Crippen LogP contribution in [0.15, 0.2) is 28.9 Å². The third-order valence-electron chi connectivity index (χ3n) is 2.08.